The number of carboxylic acids is 2. The Balaban J connectivity index is 3.95. The van der Waals surface area contributed by atoms with E-state index in [1.807, 2.05) is 0 Å². The minimum Gasteiger partial charge on any atom is -0.481 e. The van der Waals surface area contributed by atoms with Crippen molar-refractivity contribution in [2.75, 3.05) is 6.54 Å². The number of aliphatic hydroxyl groups excluding tert-OH is 1. The van der Waals surface area contributed by atoms with Crippen LogP contribution in [-0.4, -0.2) is 51.2 Å². The fourth-order valence-corrected chi connectivity index (χ4v) is 0.669. The molecule has 0 aromatic rings. The number of carbonyl (C=O) groups is 2. The number of rotatable bonds is 6. The zero-order chi connectivity index (χ0) is 10.4. The van der Waals surface area contributed by atoms with Crippen LogP contribution in [-0.2, 0) is 9.59 Å². The van der Waals surface area contributed by atoms with Crippen molar-refractivity contribution in [3.8, 4) is 0 Å². The Morgan fingerprint density at radius 3 is 2.08 bits per heavy atom. The van der Waals surface area contributed by atoms with Gasteiger partial charge in [0.15, 0.2) is 6.29 Å². The summed E-state index contributed by atoms with van der Waals surface area (Å²) in [6.45, 7) is -0.385. The van der Waals surface area contributed by atoms with Gasteiger partial charge in [-0.05, 0) is 0 Å². The van der Waals surface area contributed by atoms with E-state index in [0.29, 0.717) is 0 Å². The van der Waals surface area contributed by atoms with E-state index < -0.39 is 30.7 Å². The standard InChI is InChI=1S/C6H11NO6/c8-4(9)1-3(6(12)13)7-2-5(10)11/h3,5,7,10-11H,1-2H2,(H,8,9)(H,12,13)/t3-/m0/s1. The van der Waals surface area contributed by atoms with Gasteiger partial charge in [-0.3, -0.25) is 14.9 Å². The molecule has 0 spiro atoms. The van der Waals surface area contributed by atoms with Crippen LogP contribution in [0.25, 0.3) is 0 Å². The second-order valence-electron chi connectivity index (χ2n) is 2.38. The van der Waals surface area contributed by atoms with Gasteiger partial charge in [0.05, 0.1) is 6.42 Å². The van der Waals surface area contributed by atoms with Crippen LogP contribution >= 0.6 is 0 Å². The van der Waals surface area contributed by atoms with Crippen LogP contribution < -0.4 is 5.32 Å². The Labute approximate surface area is 73.6 Å². The number of aliphatic hydroxyl groups is 2. The van der Waals surface area contributed by atoms with Gasteiger partial charge in [0.1, 0.15) is 6.04 Å². The highest BCUT2D eigenvalue weighted by atomic mass is 16.5. The summed E-state index contributed by atoms with van der Waals surface area (Å²) in [5.41, 5.74) is 0. The van der Waals surface area contributed by atoms with Gasteiger partial charge in [-0.15, -0.1) is 0 Å². The normalized spacial score (nSPS) is 12.8. The molecule has 0 rings (SSSR count). The molecule has 0 fully saturated rings. The Kier molecular flexibility index (Phi) is 4.97. The van der Waals surface area contributed by atoms with Gasteiger partial charge in [-0.1, -0.05) is 0 Å². The molecule has 5 N–H and O–H groups in total. The molecule has 76 valence electrons. The number of hydrogen-bond donors (Lipinski definition) is 5. The van der Waals surface area contributed by atoms with Crippen LogP contribution in [0.5, 0.6) is 0 Å². The lowest BCUT2D eigenvalue weighted by molar-refractivity contribution is -0.146. The van der Waals surface area contributed by atoms with Crippen LogP contribution in [0.2, 0.25) is 0 Å². The van der Waals surface area contributed by atoms with Crippen LogP contribution in [0.3, 0.4) is 0 Å². The SMILES string of the molecule is O=C(O)C[C@H](NCC(O)O)C(=O)O. The topological polar surface area (TPSA) is 127 Å². The van der Waals surface area contributed by atoms with E-state index in [2.05, 4.69) is 5.32 Å². The lowest BCUT2D eigenvalue weighted by Crippen LogP contribution is -2.42. The minimum atomic E-state index is -1.70. The van der Waals surface area contributed by atoms with E-state index in [0.717, 1.165) is 0 Å². The first-order chi connectivity index (χ1) is 5.93. The number of aliphatic carboxylic acids is 2. The summed E-state index contributed by atoms with van der Waals surface area (Å²) < 4.78 is 0. The third kappa shape index (κ3) is 6.02. The second kappa shape index (κ2) is 5.46. The molecule has 0 amide bonds. The Morgan fingerprint density at radius 2 is 1.77 bits per heavy atom. The molecule has 0 radical (unpaired) electrons. The van der Waals surface area contributed by atoms with Gasteiger partial charge in [-0.2, -0.15) is 0 Å². The van der Waals surface area contributed by atoms with Crippen molar-refractivity contribution in [3.63, 3.8) is 0 Å². The first kappa shape index (κ1) is 11.8. The highest BCUT2D eigenvalue weighted by Crippen LogP contribution is 1.92. The molecule has 0 aliphatic rings. The van der Waals surface area contributed by atoms with Crippen LogP contribution in [0, 0.1) is 0 Å². The third-order valence-electron chi connectivity index (χ3n) is 1.22. The predicted octanol–water partition coefficient (Wildman–Crippen LogP) is -2.19. The molecule has 1 atom stereocenters. The maximum absolute atomic E-state index is 10.4. The average molecular weight is 193 g/mol. The fourth-order valence-electron chi connectivity index (χ4n) is 0.669. The van der Waals surface area contributed by atoms with Crippen molar-refractivity contribution >= 4 is 11.9 Å². The molecule has 0 aliphatic heterocycles. The van der Waals surface area contributed by atoms with E-state index in [1.165, 1.54) is 0 Å². The maximum atomic E-state index is 10.4. The minimum absolute atomic E-state index is 0.385. The van der Waals surface area contributed by atoms with E-state index in [1.54, 1.807) is 0 Å². The number of hydrogen-bond acceptors (Lipinski definition) is 5. The summed E-state index contributed by atoms with van der Waals surface area (Å²) >= 11 is 0. The van der Waals surface area contributed by atoms with Gasteiger partial charge < -0.3 is 20.4 Å². The van der Waals surface area contributed by atoms with Crippen LogP contribution in [0.1, 0.15) is 6.42 Å². The summed E-state index contributed by atoms with van der Waals surface area (Å²) in [5.74, 6) is -2.62. The van der Waals surface area contributed by atoms with Gasteiger partial charge in [0.2, 0.25) is 0 Å². The van der Waals surface area contributed by atoms with E-state index in [-0.39, 0.29) is 6.54 Å². The summed E-state index contributed by atoms with van der Waals surface area (Å²) in [6, 6.07) is -1.31. The quantitative estimate of drug-likeness (QED) is 0.303. The summed E-state index contributed by atoms with van der Waals surface area (Å²) in [4.78, 5) is 20.5. The maximum Gasteiger partial charge on any atom is 0.321 e. The molecule has 7 nitrogen and oxygen atoms in total. The molecule has 0 aliphatic carbocycles. The molecule has 0 bridgehead atoms. The molecule has 13 heavy (non-hydrogen) atoms. The molecule has 0 saturated carbocycles. The zero-order valence-corrected chi connectivity index (χ0v) is 6.67. The fraction of sp³-hybridized carbons (Fsp3) is 0.667. The van der Waals surface area contributed by atoms with Gasteiger partial charge in [-0.25, -0.2) is 0 Å². The van der Waals surface area contributed by atoms with Crippen molar-refractivity contribution in [2.45, 2.75) is 18.8 Å². The van der Waals surface area contributed by atoms with Crippen LogP contribution in [0.4, 0.5) is 0 Å². The summed E-state index contributed by atoms with van der Waals surface area (Å²) in [6.07, 6.45) is -2.31. The monoisotopic (exact) mass is 193 g/mol. The number of nitrogens with one attached hydrogen (secondary N) is 1. The number of carboxylic acid groups (broad SMARTS) is 2. The van der Waals surface area contributed by atoms with E-state index in [9.17, 15) is 9.59 Å². The van der Waals surface area contributed by atoms with Crippen molar-refractivity contribution in [1.29, 1.82) is 0 Å². The van der Waals surface area contributed by atoms with E-state index in [4.69, 9.17) is 20.4 Å². The Morgan fingerprint density at radius 1 is 1.23 bits per heavy atom. The van der Waals surface area contributed by atoms with Crippen molar-refractivity contribution in [3.05, 3.63) is 0 Å². The third-order valence-corrected chi connectivity index (χ3v) is 1.22. The van der Waals surface area contributed by atoms with Gasteiger partial charge >= 0.3 is 11.9 Å². The summed E-state index contributed by atoms with van der Waals surface area (Å²) in [7, 11) is 0. The first-order valence-corrected chi connectivity index (χ1v) is 3.47. The zero-order valence-electron chi connectivity index (χ0n) is 6.67. The van der Waals surface area contributed by atoms with Crippen LogP contribution in [0.15, 0.2) is 0 Å². The molecule has 7 heteroatoms. The Hall–Kier alpha value is -1.18. The Bertz CT molecular complexity index is 192. The lowest BCUT2D eigenvalue weighted by Gasteiger charge is -2.12. The molecular formula is C6H11NO6. The first-order valence-electron chi connectivity index (χ1n) is 3.47. The average Bonchev–Trinajstić information content (AvgIpc) is 1.96. The summed E-state index contributed by atoms with van der Waals surface area (Å²) in [5, 5.41) is 35.6. The van der Waals surface area contributed by atoms with Gasteiger partial charge in [0, 0.05) is 6.54 Å². The highest BCUT2D eigenvalue weighted by Gasteiger charge is 2.20. The predicted molar refractivity (Wildman–Crippen MR) is 39.9 cm³/mol. The smallest absolute Gasteiger partial charge is 0.321 e. The lowest BCUT2D eigenvalue weighted by atomic mass is 10.2. The molecule has 0 heterocycles. The van der Waals surface area contributed by atoms with Gasteiger partial charge in [0.25, 0.3) is 0 Å². The molecule has 0 aromatic heterocycles. The molecule has 0 saturated heterocycles. The molecular weight excluding hydrogens is 182 g/mol. The van der Waals surface area contributed by atoms with Crippen molar-refractivity contribution in [1.82, 2.24) is 5.32 Å². The largest absolute Gasteiger partial charge is 0.481 e. The molecule has 0 unspecified atom stereocenters. The highest BCUT2D eigenvalue weighted by molar-refractivity contribution is 5.80. The second-order valence-corrected chi connectivity index (χ2v) is 2.38. The van der Waals surface area contributed by atoms with Crippen molar-refractivity contribution < 1.29 is 30.0 Å². The van der Waals surface area contributed by atoms with E-state index >= 15 is 0 Å². The van der Waals surface area contributed by atoms with Crippen molar-refractivity contribution in [2.24, 2.45) is 0 Å². The molecule has 0 aromatic carbocycles.